The predicted molar refractivity (Wildman–Crippen MR) is 139 cm³/mol. The van der Waals surface area contributed by atoms with Gasteiger partial charge in [0.1, 0.15) is 17.9 Å². The van der Waals surface area contributed by atoms with Crippen molar-refractivity contribution in [3.8, 4) is 17.2 Å². The van der Waals surface area contributed by atoms with Crippen LogP contribution in [0.25, 0.3) is 6.08 Å². The summed E-state index contributed by atoms with van der Waals surface area (Å²) in [5, 5.41) is 2.22. The SMILES string of the molecule is O=C1NC(=O)N(c2ccc3c(c2)OCO3)C(=O)/C1=C/c1ccc(OCc2ccc(Br)cc2)c(I)c1. The molecule has 0 aromatic heterocycles. The molecule has 0 bridgehead atoms. The molecule has 3 aromatic carbocycles. The van der Waals surface area contributed by atoms with Gasteiger partial charge in [-0.15, -0.1) is 0 Å². The highest BCUT2D eigenvalue weighted by molar-refractivity contribution is 14.1. The maximum absolute atomic E-state index is 13.2. The number of imide groups is 2. The summed E-state index contributed by atoms with van der Waals surface area (Å²) in [7, 11) is 0. The molecule has 1 saturated heterocycles. The van der Waals surface area contributed by atoms with Crippen LogP contribution in [0.3, 0.4) is 0 Å². The molecule has 176 valence electrons. The molecule has 35 heavy (non-hydrogen) atoms. The first-order chi connectivity index (χ1) is 16.9. The first-order valence-corrected chi connectivity index (χ1v) is 12.2. The third-order valence-corrected chi connectivity index (χ3v) is 6.66. The molecular weight excluding hydrogens is 631 g/mol. The van der Waals surface area contributed by atoms with Crippen molar-refractivity contribution in [2.45, 2.75) is 6.61 Å². The van der Waals surface area contributed by atoms with E-state index in [1.54, 1.807) is 30.3 Å². The summed E-state index contributed by atoms with van der Waals surface area (Å²) in [5.41, 5.74) is 1.74. The number of ether oxygens (including phenoxy) is 3. The number of barbiturate groups is 1. The Kier molecular flexibility index (Phi) is 6.48. The third-order valence-electron chi connectivity index (χ3n) is 5.29. The average Bonchev–Trinajstić information content (AvgIpc) is 3.30. The van der Waals surface area contributed by atoms with E-state index in [0.29, 0.717) is 29.4 Å². The minimum atomic E-state index is -0.831. The Labute approximate surface area is 222 Å². The van der Waals surface area contributed by atoms with Crippen LogP contribution in [0.1, 0.15) is 11.1 Å². The second-order valence-corrected chi connectivity index (χ2v) is 9.68. The number of nitrogens with one attached hydrogen (secondary N) is 1. The number of carbonyl (C=O) groups excluding carboxylic acids is 3. The molecule has 2 aliphatic rings. The van der Waals surface area contributed by atoms with Gasteiger partial charge in [0.25, 0.3) is 11.8 Å². The molecule has 0 unspecified atom stereocenters. The number of urea groups is 1. The zero-order chi connectivity index (χ0) is 24.5. The molecule has 4 amide bonds. The average molecular weight is 647 g/mol. The number of fused-ring (bicyclic) bond motifs is 1. The number of hydrogen-bond acceptors (Lipinski definition) is 6. The van der Waals surface area contributed by atoms with Crippen molar-refractivity contribution in [3.63, 3.8) is 0 Å². The van der Waals surface area contributed by atoms with Gasteiger partial charge in [0.05, 0.1) is 9.26 Å². The first kappa shape index (κ1) is 23.4. The molecule has 3 aromatic rings. The Morgan fingerprint density at radius 2 is 1.77 bits per heavy atom. The predicted octanol–water partition coefficient (Wildman–Crippen LogP) is 5.03. The maximum Gasteiger partial charge on any atom is 0.335 e. The van der Waals surface area contributed by atoms with Crippen molar-refractivity contribution in [3.05, 3.63) is 85.4 Å². The van der Waals surface area contributed by atoms with Crippen molar-refractivity contribution < 1.29 is 28.6 Å². The standard InChI is InChI=1S/C25H16BrIN2O6/c26-16-4-1-14(2-5-16)12-33-20-7-3-15(10-19(20)27)9-18-23(30)28-25(32)29(24(18)31)17-6-8-21-22(11-17)35-13-34-21/h1-11H,12-13H2,(H,28,30,32)/b18-9+. The normalized spacial score (nSPS) is 16.0. The fourth-order valence-electron chi connectivity index (χ4n) is 3.55. The van der Waals surface area contributed by atoms with Crippen molar-refractivity contribution >= 4 is 68.1 Å². The van der Waals surface area contributed by atoms with Gasteiger partial charge in [0.15, 0.2) is 11.5 Å². The maximum atomic E-state index is 13.2. The van der Waals surface area contributed by atoms with E-state index in [1.165, 1.54) is 12.1 Å². The molecule has 8 nitrogen and oxygen atoms in total. The highest BCUT2D eigenvalue weighted by Gasteiger charge is 2.37. The van der Waals surface area contributed by atoms with Gasteiger partial charge in [-0.05, 0) is 76.2 Å². The fourth-order valence-corrected chi connectivity index (χ4v) is 4.51. The molecule has 0 aliphatic carbocycles. The number of hydrogen-bond donors (Lipinski definition) is 1. The van der Waals surface area contributed by atoms with E-state index in [0.717, 1.165) is 18.5 Å². The monoisotopic (exact) mass is 646 g/mol. The van der Waals surface area contributed by atoms with E-state index in [-0.39, 0.29) is 18.1 Å². The van der Waals surface area contributed by atoms with Crippen molar-refractivity contribution in [1.82, 2.24) is 5.32 Å². The van der Waals surface area contributed by atoms with Gasteiger partial charge in [-0.3, -0.25) is 14.9 Å². The lowest BCUT2D eigenvalue weighted by Crippen LogP contribution is -2.54. The van der Waals surface area contributed by atoms with Crippen molar-refractivity contribution in [2.24, 2.45) is 0 Å². The van der Waals surface area contributed by atoms with E-state index in [1.807, 2.05) is 24.3 Å². The lowest BCUT2D eigenvalue weighted by molar-refractivity contribution is -0.122. The van der Waals surface area contributed by atoms with Crippen LogP contribution in [0.2, 0.25) is 0 Å². The summed E-state index contributed by atoms with van der Waals surface area (Å²) in [6.45, 7) is 0.460. The Hall–Kier alpha value is -3.38. The highest BCUT2D eigenvalue weighted by atomic mass is 127. The summed E-state index contributed by atoms with van der Waals surface area (Å²) < 4.78 is 18.3. The van der Waals surface area contributed by atoms with E-state index < -0.39 is 17.8 Å². The zero-order valence-electron chi connectivity index (χ0n) is 17.9. The van der Waals surface area contributed by atoms with Crippen LogP contribution in [-0.4, -0.2) is 24.6 Å². The summed E-state index contributed by atoms with van der Waals surface area (Å²) >= 11 is 5.54. The molecule has 0 atom stereocenters. The summed E-state index contributed by atoms with van der Waals surface area (Å²) in [5.74, 6) is 0.110. The third kappa shape index (κ3) is 4.89. The number of rotatable bonds is 5. The Bertz CT molecular complexity index is 1390. The lowest BCUT2D eigenvalue weighted by atomic mass is 10.1. The molecule has 1 fully saturated rings. The van der Waals surface area contributed by atoms with Gasteiger partial charge in [0.2, 0.25) is 6.79 Å². The molecule has 2 aliphatic heterocycles. The number of anilines is 1. The van der Waals surface area contributed by atoms with Crippen LogP contribution in [-0.2, 0) is 16.2 Å². The van der Waals surface area contributed by atoms with Gasteiger partial charge in [0, 0.05) is 10.5 Å². The second-order valence-electron chi connectivity index (χ2n) is 7.60. The smallest absolute Gasteiger partial charge is 0.335 e. The van der Waals surface area contributed by atoms with E-state index in [9.17, 15) is 14.4 Å². The fraction of sp³-hybridized carbons (Fsp3) is 0.0800. The number of carbonyl (C=O) groups is 3. The zero-order valence-corrected chi connectivity index (χ0v) is 21.7. The largest absolute Gasteiger partial charge is 0.488 e. The molecule has 10 heteroatoms. The van der Waals surface area contributed by atoms with Gasteiger partial charge in [-0.1, -0.05) is 34.1 Å². The molecule has 0 spiro atoms. The van der Waals surface area contributed by atoms with E-state index >= 15 is 0 Å². The van der Waals surface area contributed by atoms with Crippen LogP contribution < -0.4 is 24.4 Å². The summed E-state index contributed by atoms with van der Waals surface area (Å²) in [4.78, 5) is 39.0. The second kappa shape index (κ2) is 9.70. The minimum absolute atomic E-state index is 0.0596. The molecular formula is C25H16BrIN2O6. The van der Waals surface area contributed by atoms with Crippen molar-refractivity contribution in [2.75, 3.05) is 11.7 Å². The van der Waals surface area contributed by atoms with Crippen LogP contribution in [0, 0.1) is 3.57 Å². The first-order valence-electron chi connectivity index (χ1n) is 10.4. The van der Waals surface area contributed by atoms with Crippen LogP contribution in [0.4, 0.5) is 10.5 Å². The van der Waals surface area contributed by atoms with Gasteiger partial charge >= 0.3 is 6.03 Å². The number of amides is 4. The topological polar surface area (TPSA) is 94.2 Å². The van der Waals surface area contributed by atoms with E-state index in [2.05, 4.69) is 43.8 Å². The van der Waals surface area contributed by atoms with Gasteiger partial charge in [-0.25, -0.2) is 9.69 Å². The Morgan fingerprint density at radius 3 is 2.54 bits per heavy atom. The van der Waals surface area contributed by atoms with Gasteiger partial charge in [-0.2, -0.15) is 0 Å². The quantitative estimate of drug-likeness (QED) is 0.238. The molecule has 5 rings (SSSR count). The molecule has 0 saturated carbocycles. The van der Waals surface area contributed by atoms with Gasteiger partial charge < -0.3 is 14.2 Å². The van der Waals surface area contributed by atoms with Crippen molar-refractivity contribution in [1.29, 1.82) is 0 Å². The summed E-state index contributed by atoms with van der Waals surface area (Å²) in [6, 6.07) is 17.0. The lowest BCUT2D eigenvalue weighted by Gasteiger charge is -2.26. The van der Waals surface area contributed by atoms with Crippen LogP contribution in [0.5, 0.6) is 17.2 Å². The molecule has 0 radical (unpaired) electrons. The van der Waals surface area contributed by atoms with Crippen LogP contribution in [0.15, 0.2) is 70.7 Å². The number of halogens is 2. The van der Waals surface area contributed by atoms with E-state index in [4.69, 9.17) is 14.2 Å². The highest BCUT2D eigenvalue weighted by Crippen LogP contribution is 2.36. The Balaban J connectivity index is 1.37. The van der Waals surface area contributed by atoms with Crippen LogP contribution >= 0.6 is 38.5 Å². The minimum Gasteiger partial charge on any atom is -0.488 e. The molecule has 2 heterocycles. The number of benzene rings is 3. The Morgan fingerprint density at radius 1 is 1.00 bits per heavy atom. The summed E-state index contributed by atoms with van der Waals surface area (Å²) in [6.07, 6.45) is 1.45. The number of nitrogens with zero attached hydrogens (tertiary/aromatic N) is 1. The molecule has 1 N–H and O–H groups in total.